The maximum absolute atomic E-state index is 8.49. The standard InChI is InChI=1S/C11H14N3.ClHO4/c1-8-6-9(2)14(10(3)7-8)11-12-4-5-13-11;2-1(3,4)5/h4-7H,1-3H3,(H,12,13);(H,2,3,4,5)/q+1;/p-1. The van der Waals surface area contributed by atoms with Gasteiger partial charge < -0.3 is 0 Å². The van der Waals surface area contributed by atoms with Crippen LogP contribution in [0.1, 0.15) is 17.0 Å². The van der Waals surface area contributed by atoms with Crippen molar-refractivity contribution in [1.29, 1.82) is 0 Å². The summed E-state index contributed by atoms with van der Waals surface area (Å²) in [7, 11) is -4.94. The number of aromatic nitrogens is 3. The SMILES string of the molecule is Cc1cc(C)[n+](-c2ncc[nH]2)c(C)c1.[O-][Cl+3]([O-])([O-])[O-]. The lowest BCUT2D eigenvalue weighted by atomic mass is 10.2. The lowest BCUT2D eigenvalue weighted by Gasteiger charge is -2.17. The molecule has 0 atom stereocenters. The van der Waals surface area contributed by atoms with E-state index < -0.39 is 10.2 Å². The van der Waals surface area contributed by atoms with Gasteiger partial charge in [0.2, 0.25) is 0 Å². The fraction of sp³-hybridized carbons (Fsp3) is 0.273. The molecular formula is C11H14ClN3O4. The van der Waals surface area contributed by atoms with Crippen LogP contribution in [0.25, 0.3) is 5.95 Å². The van der Waals surface area contributed by atoms with E-state index in [0.717, 1.165) is 5.95 Å². The summed E-state index contributed by atoms with van der Waals surface area (Å²) in [4.78, 5) is 7.35. The van der Waals surface area contributed by atoms with Crippen LogP contribution >= 0.6 is 0 Å². The molecule has 2 rings (SSSR count). The van der Waals surface area contributed by atoms with Crippen molar-refractivity contribution in [2.75, 3.05) is 0 Å². The van der Waals surface area contributed by atoms with Gasteiger partial charge in [-0.2, -0.15) is 0 Å². The third-order valence-electron chi connectivity index (χ3n) is 2.27. The zero-order valence-corrected chi connectivity index (χ0v) is 11.5. The van der Waals surface area contributed by atoms with Crippen molar-refractivity contribution in [3.8, 4) is 5.95 Å². The van der Waals surface area contributed by atoms with E-state index in [9.17, 15) is 0 Å². The van der Waals surface area contributed by atoms with Gasteiger partial charge in [0.1, 0.15) is 6.20 Å². The molecule has 0 aliphatic rings. The van der Waals surface area contributed by atoms with Crippen LogP contribution in [0.2, 0.25) is 0 Å². The summed E-state index contributed by atoms with van der Waals surface area (Å²) < 4.78 is 36.1. The van der Waals surface area contributed by atoms with Crippen LogP contribution in [0, 0.1) is 31.0 Å². The number of nitrogens with one attached hydrogen (secondary N) is 1. The van der Waals surface area contributed by atoms with Gasteiger partial charge in [0.05, 0.1) is 17.6 Å². The number of hydrogen-bond donors (Lipinski definition) is 1. The maximum Gasteiger partial charge on any atom is 0.401 e. The van der Waals surface area contributed by atoms with Crippen molar-refractivity contribution in [1.82, 2.24) is 9.97 Å². The normalized spacial score (nSPS) is 10.9. The van der Waals surface area contributed by atoms with Crippen LogP contribution in [0.3, 0.4) is 0 Å². The van der Waals surface area contributed by atoms with Crippen LogP contribution in [-0.2, 0) is 0 Å². The average Bonchev–Trinajstić information content (AvgIpc) is 2.66. The Labute approximate surface area is 112 Å². The number of nitrogens with zero attached hydrogens (tertiary/aromatic N) is 2. The Morgan fingerprint density at radius 3 is 1.89 bits per heavy atom. The molecule has 1 N–H and O–H groups in total. The van der Waals surface area contributed by atoms with Crippen LogP contribution in [0.4, 0.5) is 0 Å². The first-order valence-electron chi connectivity index (χ1n) is 5.30. The Morgan fingerprint density at radius 2 is 1.53 bits per heavy atom. The number of aromatic amines is 1. The van der Waals surface area contributed by atoms with Gasteiger partial charge in [0.15, 0.2) is 0 Å². The Kier molecular flexibility index (Phi) is 4.98. The summed E-state index contributed by atoms with van der Waals surface area (Å²) in [5.41, 5.74) is 3.66. The minimum absolute atomic E-state index is 0.875. The van der Waals surface area contributed by atoms with Crippen molar-refractivity contribution >= 4 is 0 Å². The summed E-state index contributed by atoms with van der Waals surface area (Å²) in [5.74, 6) is 0.875. The highest BCUT2D eigenvalue weighted by atomic mass is 35.7. The number of halogens is 1. The summed E-state index contributed by atoms with van der Waals surface area (Å²) in [5, 5.41) is 0. The fourth-order valence-electron chi connectivity index (χ4n) is 1.82. The Balaban J connectivity index is 0.000000312. The van der Waals surface area contributed by atoms with Gasteiger partial charge in [0, 0.05) is 0 Å². The van der Waals surface area contributed by atoms with E-state index in [2.05, 4.69) is 47.4 Å². The van der Waals surface area contributed by atoms with Crippen LogP contribution in [0.5, 0.6) is 0 Å². The smallest absolute Gasteiger partial charge is 0.245 e. The molecule has 0 spiro atoms. The van der Waals surface area contributed by atoms with E-state index in [1.54, 1.807) is 6.20 Å². The molecule has 0 bridgehead atoms. The minimum atomic E-state index is -4.94. The molecule has 0 unspecified atom stereocenters. The molecular weight excluding hydrogens is 274 g/mol. The Morgan fingerprint density at radius 1 is 1.05 bits per heavy atom. The predicted molar refractivity (Wildman–Crippen MR) is 54.3 cm³/mol. The van der Waals surface area contributed by atoms with Gasteiger partial charge >= 0.3 is 5.95 Å². The van der Waals surface area contributed by atoms with Gasteiger partial charge in [-0.25, -0.2) is 28.2 Å². The average molecular weight is 288 g/mol. The number of aryl methyl sites for hydroxylation is 3. The number of hydrogen-bond acceptors (Lipinski definition) is 5. The lowest BCUT2D eigenvalue weighted by molar-refractivity contribution is -2.00. The molecule has 0 saturated carbocycles. The summed E-state index contributed by atoms with van der Waals surface area (Å²) in [6.45, 7) is 6.28. The molecule has 7 nitrogen and oxygen atoms in total. The summed E-state index contributed by atoms with van der Waals surface area (Å²) >= 11 is 0. The number of rotatable bonds is 1. The van der Waals surface area contributed by atoms with Gasteiger partial charge in [-0.1, -0.05) is 4.98 Å². The summed E-state index contributed by atoms with van der Waals surface area (Å²) in [6, 6.07) is 4.30. The molecule has 0 radical (unpaired) electrons. The van der Waals surface area contributed by atoms with Gasteiger partial charge in [0.25, 0.3) is 0 Å². The van der Waals surface area contributed by atoms with Crippen molar-refractivity contribution in [2.24, 2.45) is 0 Å². The monoisotopic (exact) mass is 287 g/mol. The molecule has 104 valence electrons. The quantitative estimate of drug-likeness (QED) is 0.555. The third kappa shape index (κ3) is 5.33. The van der Waals surface area contributed by atoms with E-state index in [1.807, 2.05) is 6.20 Å². The highest BCUT2D eigenvalue weighted by molar-refractivity contribution is 5.15. The number of pyridine rings is 1. The molecule has 19 heavy (non-hydrogen) atoms. The highest BCUT2D eigenvalue weighted by Crippen LogP contribution is 2.03. The molecule has 0 fully saturated rings. The highest BCUT2D eigenvalue weighted by Gasteiger charge is 2.12. The van der Waals surface area contributed by atoms with Crippen LogP contribution in [0.15, 0.2) is 24.5 Å². The molecule has 0 aromatic carbocycles. The zero-order valence-electron chi connectivity index (χ0n) is 10.7. The van der Waals surface area contributed by atoms with Crippen molar-refractivity contribution < 1.29 is 33.4 Å². The first-order chi connectivity index (χ1) is 8.68. The second kappa shape index (κ2) is 6.09. The molecule has 2 aromatic rings. The molecule has 0 amide bonds. The van der Waals surface area contributed by atoms with E-state index >= 15 is 0 Å². The van der Waals surface area contributed by atoms with Crippen molar-refractivity contribution in [2.45, 2.75) is 20.8 Å². The fourth-order valence-corrected chi connectivity index (χ4v) is 1.82. The Bertz CT molecular complexity index is 508. The molecule has 0 saturated heterocycles. The lowest BCUT2D eigenvalue weighted by Crippen LogP contribution is -2.68. The zero-order chi connectivity index (χ0) is 14.6. The van der Waals surface area contributed by atoms with Gasteiger partial charge in [-0.15, -0.1) is 10.2 Å². The Hall–Kier alpha value is -1.51. The molecule has 2 aromatic heterocycles. The predicted octanol–water partition coefficient (Wildman–Crippen LogP) is -3.14. The van der Waals surface area contributed by atoms with Crippen LogP contribution < -0.4 is 23.2 Å². The van der Waals surface area contributed by atoms with E-state index in [0.29, 0.717) is 0 Å². The minimum Gasteiger partial charge on any atom is -0.245 e. The second-order valence-electron chi connectivity index (χ2n) is 3.94. The van der Waals surface area contributed by atoms with Gasteiger partial charge in [-0.05, 0) is 38.5 Å². The second-order valence-corrected chi connectivity index (χ2v) is 4.70. The van der Waals surface area contributed by atoms with Crippen molar-refractivity contribution in [3.05, 3.63) is 41.5 Å². The maximum atomic E-state index is 8.49. The number of H-pyrrole nitrogens is 1. The summed E-state index contributed by atoms with van der Waals surface area (Å²) in [6.07, 6.45) is 3.60. The van der Waals surface area contributed by atoms with Crippen molar-refractivity contribution in [3.63, 3.8) is 0 Å². The largest absolute Gasteiger partial charge is 0.401 e. The number of imidazole rings is 1. The first-order valence-corrected chi connectivity index (χ1v) is 6.53. The molecule has 0 aliphatic heterocycles. The topological polar surface area (TPSA) is 125 Å². The van der Waals surface area contributed by atoms with E-state index in [-0.39, 0.29) is 0 Å². The molecule has 2 heterocycles. The third-order valence-corrected chi connectivity index (χ3v) is 2.27. The molecule has 8 heteroatoms. The van der Waals surface area contributed by atoms with Crippen LogP contribution in [-0.4, -0.2) is 9.97 Å². The molecule has 0 aliphatic carbocycles. The first kappa shape index (κ1) is 15.5. The van der Waals surface area contributed by atoms with Gasteiger partial charge in [-0.3, -0.25) is 0 Å². The van der Waals surface area contributed by atoms with E-state index in [4.69, 9.17) is 18.6 Å². The van der Waals surface area contributed by atoms with E-state index in [1.165, 1.54) is 17.0 Å².